The van der Waals surface area contributed by atoms with Crippen molar-refractivity contribution in [1.29, 1.82) is 0 Å². The van der Waals surface area contributed by atoms with Crippen molar-refractivity contribution in [3.8, 4) is 0 Å². The first-order chi connectivity index (χ1) is 6.27. The minimum absolute atomic E-state index is 0.659. The van der Waals surface area contributed by atoms with Crippen molar-refractivity contribution in [3.05, 3.63) is 29.0 Å². The highest BCUT2D eigenvalue weighted by Crippen LogP contribution is 2.22. The Balaban J connectivity index is 2.28. The summed E-state index contributed by atoms with van der Waals surface area (Å²) < 4.78 is 5.33. The lowest BCUT2D eigenvalue weighted by Crippen LogP contribution is -1.95. The zero-order valence-corrected chi connectivity index (χ0v) is 7.77. The molecule has 0 aromatic carbocycles. The molecule has 0 bridgehead atoms. The van der Waals surface area contributed by atoms with E-state index in [0.29, 0.717) is 0 Å². The summed E-state index contributed by atoms with van der Waals surface area (Å²) in [6, 6.07) is 0. The molecule has 0 aliphatic carbocycles. The SMILES string of the molecule is Cn1cc(C(O)c2cnns2)cn1. The van der Waals surface area contributed by atoms with Crippen LogP contribution in [0.3, 0.4) is 0 Å². The summed E-state index contributed by atoms with van der Waals surface area (Å²) in [4.78, 5) is 0.730. The van der Waals surface area contributed by atoms with Gasteiger partial charge in [0.2, 0.25) is 0 Å². The van der Waals surface area contributed by atoms with Gasteiger partial charge in [0.05, 0.1) is 17.3 Å². The number of aromatic nitrogens is 4. The molecule has 0 fully saturated rings. The minimum Gasteiger partial charge on any atom is -0.383 e. The van der Waals surface area contributed by atoms with E-state index in [2.05, 4.69) is 14.7 Å². The Morgan fingerprint density at radius 3 is 2.92 bits per heavy atom. The summed E-state index contributed by atoms with van der Waals surface area (Å²) in [7, 11) is 1.81. The van der Waals surface area contributed by atoms with Gasteiger partial charge in [0.1, 0.15) is 6.10 Å². The highest BCUT2D eigenvalue weighted by Gasteiger charge is 2.13. The van der Waals surface area contributed by atoms with Crippen LogP contribution in [0.1, 0.15) is 16.5 Å². The van der Waals surface area contributed by atoms with Crippen LogP contribution in [0.4, 0.5) is 0 Å². The maximum atomic E-state index is 9.77. The molecule has 5 nitrogen and oxygen atoms in total. The van der Waals surface area contributed by atoms with E-state index in [0.717, 1.165) is 10.4 Å². The predicted octanol–water partition coefficient (Wildman–Crippen LogP) is 0.353. The Kier molecular flexibility index (Phi) is 2.07. The Labute approximate surface area is 78.8 Å². The summed E-state index contributed by atoms with van der Waals surface area (Å²) in [6.07, 6.45) is 4.30. The minimum atomic E-state index is -0.659. The molecule has 0 aliphatic rings. The second-order valence-corrected chi connectivity index (χ2v) is 3.49. The monoisotopic (exact) mass is 196 g/mol. The molecule has 1 atom stereocenters. The third-order valence-corrected chi connectivity index (χ3v) is 2.40. The lowest BCUT2D eigenvalue weighted by atomic mass is 10.2. The standard InChI is InChI=1S/C7H8N4OS/c1-11-4-5(2-9-11)7(12)6-3-8-10-13-6/h2-4,7,12H,1H3. The third-order valence-electron chi connectivity index (χ3n) is 1.69. The summed E-state index contributed by atoms with van der Waals surface area (Å²) in [6.45, 7) is 0. The van der Waals surface area contributed by atoms with E-state index >= 15 is 0 Å². The first-order valence-electron chi connectivity index (χ1n) is 3.71. The van der Waals surface area contributed by atoms with Gasteiger partial charge in [-0.05, 0) is 11.5 Å². The molecule has 2 aromatic rings. The molecule has 2 aromatic heterocycles. The Morgan fingerprint density at radius 1 is 1.54 bits per heavy atom. The summed E-state index contributed by atoms with van der Waals surface area (Å²) >= 11 is 1.19. The van der Waals surface area contributed by atoms with E-state index in [1.807, 2.05) is 0 Å². The lowest BCUT2D eigenvalue weighted by Gasteiger charge is -2.01. The molecular formula is C7H8N4OS. The van der Waals surface area contributed by atoms with Crippen LogP contribution < -0.4 is 0 Å². The van der Waals surface area contributed by atoms with Crippen molar-refractivity contribution in [2.24, 2.45) is 7.05 Å². The Morgan fingerprint density at radius 2 is 2.38 bits per heavy atom. The summed E-state index contributed by atoms with van der Waals surface area (Å²) in [5, 5.41) is 17.4. The van der Waals surface area contributed by atoms with Crippen molar-refractivity contribution >= 4 is 11.5 Å². The first kappa shape index (κ1) is 8.33. The number of hydrogen-bond donors (Lipinski definition) is 1. The number of rotatable bonds is 2. The molecule has 1 unspecified atom stereocenters. The number of aliphatic hydroxyl groups is 1. The largest absolute Gasteiger partial charge is 0.383 e. The average molecular weight is 196 g/mol. The molecular weight excluding hydrogens is 188 g/mol. The summed E-state index contributed by atoms with van der Waals surface area (Å²) in [5.41, 5.74) is 0.758. The fourth-order valence-corrected chi connectivity index (χ4v) is 1.56. The molecule has 13 heavy (non-hydrogen) atoms. The van der Waals surface area contributed by atoms with E-state index in [1.54, 1.807) is 30.3 Å². The van der Waals surface area contributed by atoms with Crippen LogP contribution in [0.25, 0.3) is 0 Å². The fraction of sp³-hybridized carbons (Fsp3) is 0.286. The maximum Gasteiger partial charge on any atom is 0.119 e. The highest BCUT2D eigenvalue weighted by atomic mass is 32.1. The summed E-state index contributed by atoms with van der Waals surface area (Å²) in [5.74, 6) is 0. The lowest BCUT2D eigenvalue weighted by molar-refractivity contribution is 0.224. The normalized spacial score (nSPS) is 13.1. The van der Waals surface area contributed by atoms with Crippen LogP contribution in [0.5, 0.6) is 0 Å². The topological polar surface area (TPSA) is 63.8 Å². The molecule has 2 rings (SSSR count). The van der Waals surface area contributed by atoms with Gasteiger partial charge in [-0.2, -0.15) is 5.10 Å². The predicted molar refractivity (Wildman–Crippen MR) is 47.2 cm³/mol. The van der Waals surface area contributed by atoms with Gasteiger partial charge < -0.3 is 5.11 Å². The van der Waals surface area contributed by atoms with Gasteiger partial charge in [0.15, 0.2) is 0 Å². The van der Waals surface area contributed by atoms with E-state index in [4.69, 9.17) is 0 Å². The van der Waals surface area contributed by atoms with Gasteiger partial charge in [0, 0.05) is 18.8 Å². The smallest absolute Gasteiger partial charge is 0.119 e. The van der Waals surface area contributed by atoms with E-state index in [-0.39, 0.29) is 0 Å². The quantitative estimate of drug-likeness (QED) is 0.753. The Bertz CT molecular complexity index is 383. The van der Waals surface area contributed by atoms with Crippen LogP contribution in [0, 0.1) is 0 Å². The van der Waals surface area contributed by atoms with Gasteiger partial charge in [-0.25, -0.2) is 0 Å². The number of nitrogens with zero attached hydrogens (tertiary/aromatic N) is 4. The number of aliphatic hydroxyl groups excluding tert-OH is 1. The van der Waals surface area contributed by atoms with Gasteiger partial charge in [-0.15, -0.1) is 5.10 Å². The maximum absolute atomic E-state index is 9.77. The third kappa shape index (κ3) is 1.58. The van der Waals surface area contributed by atoms with Crippen molar-refractivity contribution < 1.29 is 5.11 Å². The molecule has 0 saturated heterocycles. The zero-order chi connectivity index (χ0) is 9.26. The molecule has 68 valence electrons. The van der Waals surface area contributed by atoms with E-state index < -0.39 is 6.10 Å². The van der Waals surface area contributed by atoms with Crippen molar-refractivity contribution in [2.45, 2.75) is 6.10 Å². The van der Waals surface area contributed by atoms with Crippen LogP contribution in [-0.4, -0.2) is 24.5 Å². The number of aryl methyl sites for hydroxylation is 1. The molecule has 0 amide bonds. The second kappa shape index (κ2) is 3.23. The van der Waals surface area contributed by atoms with Crippen LogP contribution in [-0.2, 0) is 7.05 Å². The van der Waals surface area contributed by atoms with E-state index in [9.17, 15) is 5.11 Å². The molecule has 0 spiro atoms. The molecule has 6 heteroatoms. The van der Waals surface area contributed by atoms with Crippen LogP contribution in [0.2, 0.25) is 0 Å². The van der Waals surface area contributed by atoms with Crippen molar-refractivity contribution in [2.75, 3.05) is 0 Å². The molecule has 2 heterocycles. The molecule has 1 N–H and O–H groups in total. The zero-order valence-electron chi connectivity index (χ0n) is 6.95. The molecule has 0 radical (unpaired) electrons. The van der Waals surface area contributed by atoms with Gasteiger partial charge >= 0.3 is 0 Å². The Hall–Kier alpha value is -1.27. The van der Waals surface area contributed by atoms with Gasteiger partial charge in [0.25, 0.3) is 0 Å². The van der Waals surface area contributed by atoms with Crippen molar-refractivity contribution in [1.82, 2.24) is 19.4 Å². The fourth-order valence-electron chi connectivity index (χ4n) is 1.04. The first-order valence-corrected chi connectivity index (χ1v) is 4.48. The van der Waals surface area contributed by atoms with Gasteiger partial charge in [-0.3, -0.25) is 4.68 Å². The molecule has 0 saturated carbocycles. The van der Waals surface area contributed by atoms with Crippen molar-refractivity contribution in [3.63, 3.8) is 0 Å². The highest BCUT2D eigenvalue weighted by molar-refractivity contribution is 7.05. The van der Waals surface area contributed by atoms with E-state index in [1.165, 1.54) is 11.5 Å². The van der Waals surface area contributed by atoms with Gasteiger partial charge in [-0.1, -0.05) is 4.49 Å². The van der Waals surface area contributed by atoms with Crippen LogP contribution in [0.15, 0.2) is 18.6 Å². The average Bonchev–Trinajstić information content (AvgIpc) is 2.72. The number of hydrogen-bond acceptors (Lipinski definition) is 5. The molecule has 0 aliphatic heterocycles. The second-order valence-electron chi connectivity index (χ2n) is 2.67. The van der Waals surface area contributed by atoms with Crippen LogP contribution >= 0.6 is 11.5 Å².